The number of ether oxygens (including phenoxy) is 1. The summed E-state index contributed by atoms with van der Waals surface area (Å²) in [5.41, 5.74) is 0. The van der Waals surface area contributed by atoms with Gasteiger partial charge in [0.15, 0.2) is 0 Å². The van der Waals surface area contributed by atoms with E-state index >= 15 is 0 Å². The molecule has 0 aliphatic carbocycles. The molecule has 0 spiro atoms. The Morgan fingerprint density at radius 3 is 2.82 bits per heavy atom. The van der Waals surface area contributed by atoms with Gasteiger partial charge in [-0.25, -0.2) is 4.79 Å². The lowest BCUT2D eigenvalue weighted by atomic mass is 10.2. The van der Waals surface area contributed by atoms with Crippen LogP contribution in [0.1, 0.15) is 27.4 Å². The number of rotatable bonds is 2. The Bertz CT molecular complexity index is 441. The third-order valence-electron chi connectivity index (χ3n) is 2.94. The van der Waals surface area contributed by atoms with Gasteiger partial charge < -0.3 is 9.64 Å². The highest BCUT2D eigenvalue weighted by Crippen LogP contribution is 2.24. The fraction of sp³-hybridized carbons (Fsp3) is 0.500. The van der Waals surface area contributed by atoms with Gasteiger partial charge >= 0.3 is 5.97 Å². The van der Waals surface area contributed by atoms with Gasteiger partial charge in [-0.05, 0) is 31.9 Å². The van der Waals surface area contributed by atoms with E-state index in [0.29, 0.717) is 17.8 Å². The minimum absolute atomic E-state index is 0.0593. The molecule has 1 unspecified atom stereocenters. The van der Waals surface area contributed by atoms with Gasteiger partial charge in [0.05, 0.1) is 12.0 Å². The predicted molar refractivity (Wildman–Crippen MR) is 65.1 cm³/mol. The number of hydrogen-bond donors (Lipinski definition) is 0. The van der Waals surface area contributed by atoms with Crippen molar-refractivity contribution < 1.29 is 14.3 Å². The zero-order chi connectivity index (χ0) is 12.4. The second-order valence-electron chi connectivity index (χ2n) is 4.09. The number of amides is 1. The molecule has 1 fully saturated rings. The lowest BCUT2D eigenvalue weighted by Crippen LogP contribution is -2.40. The van der Waals surface area contributed by atoms with Crippen molar-refractivity contribution in [2.75, 3.05) is 13.7 Å². The highest BCUT2D eigenvalue weighted by molar-refractivity contribution is 7.13. The van der Waals surface area contributed by atoms with Crippen LogP contribution >= 0.6 is 11.3 Å². The number of methoxy groups -OCH3 is 1. The van der Waals surface area contributed by atoms with Crippen LogP contribution in [0.15, 0.2) is 12.1 Å². The molecule has 92 valence electrons. The third-order valence-corrected chi connectivity index (χ3v) is 3.93. The second kappa shape index (κ2) is 4.87. The molecule has 5 heteroatoms. The number of nitrogens with zero attached hydrogens (tertiary/aromatic N) is 1. The van der Waals surface area contributed by atoms with Crippen molar-refractivity contribution in [2.24, 2.45) is 0 Å². The van der Waals surface area contributed by atoms with E-state index in [2.05, 4.69) is 0 Å². The minimum atomic E-state index is -0.407. The number of thiophene rings is 1. The molecule has 0 N–H and O–H groups in total. The SMILES string of the molecule is COC(=O)C1CCCN1C(=O)c1ccc(C)s1. The number of esters is 1. The molecule has 2 rings (SSSR count). The molecule has 0 saturated carbocycles. The van der Waals surface area contributed by atoms with Crippen molar-refractivity contribution in [2.45, 2.75) is 25.8 Å². The Morgan fingerprint density at radius 2 is 2.24 bits per heavy atom. The summed E-state index contributed by atoms with van der Waals surface area (Å²) in [5, 5.41) is 0. The summed E-state index contributed by atoms with van der Waals surface area (Å²) in [6.07, 6.45) is 1.55. The zero-order valence-electron chi connectivity index (χ0n) is 9.93. The van der Waals surface area contributed by atoms with Gasteiger partial charge in [-0.3, -0.25) is 4.79 Å². The number of carbonyl (C=O) groups is 2. The van der Waals surface area contributed by atoms with E-state index in [0.717, 1.165) is 11.3 Å². The van der Waals surface area contributed by atoms with E-state index in [1.165, 1.54) is 18.4 Å². The number of likely N-dealkylation sites (tertiary alicyclic amines) is 1. The highest BCUT2D eigenvalue weighted by Gasteiger charge is 2.35. The lowest BCUT2D eigenvalue weighted by molar-refractivity contribution is -0.145. The average Bonchev–Trinajstić information content (AvgIpc) is 2.95. The minimum Gasteiger partial charge on any atom is -0.467 e. The Hall–Kier alpha value is -1.36. The lowest BCUT2D eigenvalue weighted by Gasteiger charge is -2.21. The van der Waals surface area contributed by atoms with Gasteiger partial charge in [0, 0.05) is 11.4 Å². The first-order valence-electron chi connectivity index (χ1n) is 5.58. The van der Waals surface area contributed by atoms with Gasteiger partial charge in [-0.1, -0.05) is 0 Å². The number of hydrogen-bond acceptors (Lipinski definition) is 4. The Balaban J connectivity index is 2.16. The smallest absolute Gasteiger partial charge is 0.328 e. The Morgan fingerprint density at radius 1 is 1.47 bits per heavy atom. The van der Waals surface area contributed by atoms with Gasteiger partial charge in [-0.15, -0.1) is 11.3 Å². The van der Waals surface area contributed by atoms with Crippen molar-refractivity contribution in [3.05, 3.63) is 21.9 Å². The normalized spacial score (nSPS) is 19.4. The van der Waals surface area contributed by atoms with Gasteiger partial charge in [0.1, 0.15) is 6.04 Å². The first-order valence-corrected chi connectivity index (χ1v) is 6.40. The van der Waals surface area contributed by atoms with Gasteiger partial charge in [0.2, 0.25) is 0 Å². The van der Waals surface area contributed by atoms with E-state index in [4.69, 9.17) is 4.74 Å². The molecule has 1 amide bonds. The molecule has 1 aliphatic heterocycles. The van der Waals surface area contributed by atoms with Crippen LogP contribution in [0.4, 0.5) is 0 Å². The Kier molecular flexibility index (Phi) is 3.47. The summed E-state index contributed by atoms with van der Waals surface area (Å²) < 4.78 is 4.73. The van der Waals surface area contributed by atoms with E-state index in [9.17, 15) is 9.59 Å². The second-order valence-corrected chi connectivity index (χ2v) is 5.38. The summed E-state index contributed by atoms with van der Waals surface area (Å²) in [6.45, 7) is 2.60. The molecule has 0 bridgehead atoms. The third kappa shape index (κ3) is 2.34. The Labute approximate surface area is 104 Å². The zero-order valence-corrected chi connectivity index (χ0v) is 10.8. The van der Waals surface area contributed by atoms with Crippen molar-refractivity contribution in [3.63, 3.8) is 0 Å². The molecule has 1 atom stereocenters. The summed E-state index contributed by atoms with van der Waals surface area (Å²) in [5.74, 6) is -0.375. The average molecular weight is 253 g/mol. The monoisotopic (exact) mass is 253 g/mol. The van der Waals surface area contributed by atoms with Crippen LogP contribution in [0.2, 0.25) is 0 Å². The van der Waals surface area contributed by atoms with Crippen molar-refractivity contribution in [1.82, 2.24) is 4.90 Å². The molecule has 17 heavy (non-hydrogen) atoms. The molecule has 1 aromatic heterocycles. The molecule has 2 heterocycles. The van der Waals surface area contributed by atoms with Gasteiger partial charge in [-0.2, -0.15) is 0 Å². The molecule has 0 aromatic carbocycles. The molecule has 0 radical (unpaired) electrons. The summed E-state index contributed by atoms with van der Waals surface area (Å²) in [7, 11) is 1.36. The van der Waals surface area contributed by atoms with Crippen LogP contribution in [-0.4, -0.2) is 36.5 Å². The maximum atomic E-state index is 12.2. The fourth-order valence-corrected chi connectivity index (χ4v) is 2.91. The fourth-order valence-electron chi connectivity index (χ4n) is 2.08. The maximum Gasteiger partial charge on any atom is 0.328 e. The van der Waals surface area contributed by atoms with E-state index in [1.54, 1.807) is 4.90 Å². The van der Waals surface area contributed by atoms with Crippen molar-refractivity contribution in [1.29, 1.82) is 0 Å². The molecular weight excluding hydrogens is 238 g/mol. The van der Waals surface area contributed by atoms with Gasteiger partial charge in [0.25, 0.3) is 5.91 Å². The summed E-state index contributed by atoms with van der Waals surface area (Å²) >= 11 is 1.46. The number of aryl methyl sites for hydroxylation is 1. The van der Waals surface area contributed by atoms with E-state index in [-0.39, 0.29) is 11.9 Å². The standard InChI is InChI=1S/C12H15NO3S/c1-8-5-6-10(17-8)11(14)13-7-3-4-9(13)12(15)16-2/h5-6,9H,3-4,7H2,1-2H3. The van der Waals surface area contributed by atoms with E-state index in [1.807, 2.05) is 19.1 Å². The first-order chi connectivity index (χ1) is 8.13. The maximum absolute atomic E-state index is 12.2. The molecule has 1 aliphatic rings. The molecule has 4 nitrogen and oxygen atoms in total. The van der Waals surface area contributed by atoms with Crippen LogP contribution in [0.5, 0.6) is 0 Å². The van der Waals surface area contributed by atoms with Crippen molar-refractivity contribution >= 4 is 23.2 Å². The topological polar surface area (TPSA) is 46.6 Å². The molecule has 1 saturated heterocycles. The van der Waals surface area contributed by atoms with E-state index < -0.39 is 6.04 Å². The van der Waals surface area contributed by atoms with Crippen LogP contribution in [0, 0.1) is 6.92 Å². The largest absolute Gasteiger partial charge is 0.467 e. The quantitative estimate of drug-likeness (QED) is 0.755. The van der Waals surface area contributed by atoms with Crippen LogP contribution in [0.3, 0.4) is 0 Å². The molecule has 1 aromatic rings. The molecular formula is C12H15NO3S. The summed E-state index contributed by atoms with van der Waals surface area (Å²) in [4.78, 5) is 27.2. The van der Waals surface area contributed by atoms with Crippen LogP contribution in [0.25, 0.3) is 0 Å². The summed E-state index contributed by atoms with van der Waals surface area (Å²) in [6, 6.07) is 3.32. The highest BCUT2D eigenvalue weighted by atomic mass is 32.1. The first kappa shape index (κ1) is 12.1. The van der Waals surface area contributed by atoms with Crippen LogP contribution in [-0.2, 0) is 9.53 Å². The number of carbonyl (C=O) groups excluding carboxylic acids is 2. The van der Waals surface area contributed by atoms with Crippen molar-refractivity contribution in [3.8, 4) is 0 Å². The predicted octanol–water partition coefficient (Wildman–Crippen LogP) is 1.83. The van der Waals surface area contributed by atoms with Crippen LogP contribution < -0.4 is 0 Å².